The number of ether oxygens (including phenoxy) is 1. The van der Waals surface area contributed by atoms with Gasteiger partial charge in [0.25, 0.3) is 0 Å². The van der Waals surface area contributed by atoms with Crippen LogP contribution in [-0.2, 0) is 14.3 Å². The number of alkyl carbamates (subject to hydrolysis) is 1. The van der Waals surface area contributed by atoms with Crippen LogP contribution in [0.2, 0.25) is 0 Å². The summed E-state index contributed by atoms with van der Waals surface area (Å²) in [4.78, 5) is 36.9. The minimum Gasteiger partial charge on any atom is -0.479 e. The number of nitrogens with one attached hydrogen (secondary N) is 1. The van der Waals surface area contributed by atoms with Crippen molar-refractivity contribution in [2.24, 2.45) is 0 Å². The van der Waals surface area contributed by atoms with E-state index in [1.54, 1.807) is 39.0 Å². The lowest BCUT2D eigenvalue weighted by Crippen LogP contribution is -2.57. The van der Waals surface area contributed by atoms with Crippen molar-refractivity contribution in [3.8, 4) is 0 Å². The van der Waals surface area contributed by atoms with Crippen LogP contribution in [0.5, 0.6) is 0 Å². The molecule has 0 aromatic rings. The fraction of sp³-hybridized carbons (Fsp3) is 0.562. The summed E-state index contributed by atoms with van der Waals surface area (Å²) in [6, 6.07) is 0. The number of carbonyl (C=O) groups excluding carboxylic acids is 2. The molecule has 0 bridgehead atoms. The summed E-state index contributed by atoms with van der Waals surface area (Å²) in [6.45, 7) is 7.05. The van der Waals surface area contributed by atoms with Crippen LogP contribution in [0.4, 0.5) is 4.79 Å². The Labute approximate surface area is 136 Å². The van der Waals surface area contributed by atoms with Crippen molar-refractivity contribution in [3.05, 3.63) is 24.3 Å². The molecule has 0 spiro atoms. The van der Waals surface area contributed by atoms with Crippen molar-refractivity contribution in [2.75, 3.05) is 13.1 Å². The molecule has 1 saturated heterocycles. The molecule has 23 heavy (non-hydrogen) atoms. The van der Waals surface area contributed by atoms with E-state index in [0.29, 0.717) is 0 Å². The van der Waals surface area contributed by atoms with Gasteiger partial charge in [0.1, 0.15) is 5.60 Å². The maximum atomic E-state index is 12.0. The number of hydrogen-bond donors (Lipinski definition) is 2. The van der Waals surface area contributed by atoms with E-state index in [9.17, 15) is 19.5 Å². The minimum absolute atomic E-state index is 0.0966. The molecule has 7 nitrogen and oxygen atoms in total. The number of carboxylic acid groups (broad SMARTS) is 1. The van der Waals surface area contributed by atoms with Crippen LogP contribution in [0.15, 0.2) is 24.3 Å². The Kier molecular flexibility index (Phi) is 5.95. The normalized spacial score (nSPS) is 21.8. The van der Waals surface area contributed by atoms with Gasteiger partial charge >= 0.3 is 12.1 Å². The Morgan fingerprint density at radius 1 is 1.26 bits per heavy atom. The van der Waals surface area contributed by atoms with Gasteiger partial charge in [-0.1, -0.05) is 18.2 Å². The number of rotatable bonds is 4. The van der Waals surface area contributed by atoms with E-state index in [1.165, 1.54) is 11.0 Å². The Morgan fingerprint density at radius 2 is 1.91 bits per heavy atom. The predicted octanol–water partition coefficient (Wildman–Crippen LogP) is 1.70. The van der Waals surface area contributed by atoms with Gasteiger partial charge in [-0.3, -0.25) is 4.79 Å². The molecule has 2 amide bonds. The van der Waals surface area contributed by atoms with Gasteiger partial charge in [-0.25, -0.2) is 9.59 Å². The first kappa shape index (κ1) is 18.7. The summed E-state index contributed by atoms with van der Waals surface area (Å²) in [5.41, 5.74) is -2.25. The van der Waals surface area contributed by atoms with Crippen molar-refractivity contribution in [2.45, 2.75) is 45.3 Å². The first-order chi connectivity index (χ1) is 10.6. The van der Waals surface area contributed by atoms with Crippen LogP contribution in [0.3, 0.4) is 0 Å². The highest BCUT2D eigenvalue weighted by molar-refractivity contribution is 5.91. The van der Waals surface area contributed by atoms with Gasteiger partial charge in [0.15, 0.2) is 5.54 Å². The molecule has 128 valence electrons. The molecule has 0 aromatic carbocycles. The first-order valence-electron chi connectivity index (χ1n) is 7.42. The van der Waals surface area contributed by atoms with Crippen molar-refractivity contribution in [1.82, 2.24) is 10.2 Å². The van der Waals surface area contributed by atoms with Gasteiger partial charge in [0.05, 0.1) is 6.54 Å². The third kappa shape index (κ3) is 5.43. The van der Waals surface area contributed by atoms with Gasteiger partial charge in [-0.15, -0.1) is 0 Å². The molecule has 0 aromatic heterocycles. The van der Waals surface area contributed by atoms with Crippen molar-refractivity contribution in [1.29, 1.82) is 0 Å². The molecule has 1 aliphatic rings. The summed E-state index contributed by atoms with van der Waals surface area (Å²) >= 11 is 0. The van der Waals surface area contributed by atoms with E-state index in [0.717, 1.165) is 0 Å². The number of likely N-dealkylation sites (tertiary alicyclic amines) is 1. The molecule has 0 radical (unpaired) electrons. The highest BCUT2D eigenvalue weighted by Crippen LogP contribution is 2.23. The van der Waals surface area contributed by atoms with Gasteiger partial charge in [0.2, 0.25) is 5.91 Å². The molecular weight excluding hydrogens is 300 g/mol. The Balaban J connectivity index is 2.79. The summed E-state index contributed by atoms with van der Waals surface area (Å²) in [5.74, 6) is -1.48. The summed E-state index contributed by atoms with van der Waals surface area (Å²) in [6.07, 6.45) is 5.76. The van der Waals surface area contributed by atoms with Crippen LogP contribution in [0, 0.1) is 0 Å². The van der Waals surface area contributed by atoms with Crippen LogP contribution < -0.4 is 5.32 Å². The van der Waals surface area contributed by atoms with Crippen molar-refractivity contribution < 1.29 is 24.2 Å². The zero-order valence-electron chi connectivity index (χ0n) is 14.0. The van der Waals surface area contributed by atoms with Gasteiger partial charge in [-0.05, 0) is 27.7 Å². The third-order valence-corrected chi connectivity index (χ3v) is 3.27. The van der Waals surface area contributed by atoms with Crippen molar-refractivity contribution in [3.63, 3.8) is 0 Å². The van der Waals surface area contributed by atoms with Crippen molar-refractivity contribution >= 4 is 18.0 Å². The fourth-order valence-electron chi connectivity index (χ4n) is 2.18. The number of carbonyl (C=O) groups is 3. The average molecular weight is 324 g/mol. The van der Waals surface area contributed by atoms with Crippen LogP contribution in [0.1, 0.15) is 34.1 Å². The largest absolute Gasteiger partial charge is 0.479 e. The van der Waals surface area contributed by atoms with E-state index in [-0.39, 0.29) is 25.4 Å². The lowest BCUT2D eigenvalue weighted by atomic mass is 9.99. The summed E-state index contributed by atoms with van der Waals surface area (Å²) in [5, 5.41) is 11.9. The fourth-order valence-corrected chi connectivity index (χ4v) is 2.18. The molecule has 0 aliphatic carbocycles. The second-order valence-corrected chi connectivity index (χ2v) is 6.41. The van der Waals surface area contributed by atoms with E-state index in [1.807, 2.05) is 6.92 Å². The van der Waals surface area contributed by atoms with Crippen LogP contribution in [-0.4, -0.2) is 52.2 Å². The highest BCUT2D eigenvalue weighted by Gasteiger charge is 2.48. The number of hydrogen-bond acceptors (Lipinski definition) is 4. The number of allylic oxidation sites excluding steroid dienone is 3. The van der Waals surface area contributed by atoms with E-state index in [2.05, 4.69) is 5.32 Å². The topological polar surface area (TPSA) is 95.9 Å². The molecule has 7 heteroatoms. The molecule has 1 aliphatic heterocycles. The molecule has 1 rings (SSSR count). The van der Waals surface area contributed by atoms with Crippen LogP contribution in [0.25, 0.3) is 0 Å². The lowest BCUT2D eigenvalue weighted by molar-refractivity contribution is -0.144. The smallest absolute Gasteiger partial charge is 0.408 e. The van der Waals surface area contributed by atoms with E-state index in [4.69, 9.17) is 4.74 Å². The third-order valence-electron chi connectivity index (χ3n) is 3.27. The highest BCUT2D eigenvalue weighted by atomic mass is 16.6. The molecule has 1 unspecified atom stereocenters. The molecule has 2 N–H and O–H groups in total. The Bertz CT molecular complexity index is 533. The quantitative estimate of drug-likeness (QED) is 0.606. The van der Waals surface area contributed by atoms with Crippen LogP contribution >= 0.6 is 0 Å². The molecule has 0 saturated carbocycles. The molecule has 1 atom stereocenters. The van der Waals surface area contributed by atoms with E-state index >= 15 is 0 Å². The van der Waals surface area contributed by atoms with E-state index < -0.39 is 23.2 Å². The summed E-state index contributed by atoms with van der Waals surface area (Å²) < 4.78 is 5.11. The molecule has 1 heterocycles. The monoisotopic (exact) mass is 324 g/mol. The van der Waals surface area contributed by atoms with Gasteiger partial charge < -0.3 is 20.1 Å². The lowest BCUT2D eigenvalue weighted by Gasteiger charge is -2.28. The first-order valence-corrected chi connectivity index (χ1v) is 7.42. The predicted molar refractivity (Wildman–Crippen MR) is 84.9 cm³/mol. The number of amides is 2. The SMILES string of the molecule is CC=CC=CC(=O)N1CCC(NC(=O)OC(C)(C)C)(C(=O)O)C1. The standard InChI is InChI=1S/C16H24N2O5/c1-5-6-7-8-12(19)18-10-9-16(11-18,13(20)21)17-14(22)23-15(2,3)4/h5-8H,9-11H2,1-4H3,(H,17,22)(H,20,21). The Hall–Kier alpha value is -2.31. The zero-order chi connectivity index (χ0) is 17.7. The molecular formula is C16H24N2O5. The maximum absolute atomic E-state index is 12.0. The number of aliphatic carboxylic acids is 1. The average Bonchev–Trinajstić information content (AvgIpc) is 2.82. The number of carboxylic acids is 1. The van der Waals surface area contributed by atoms with Gasteiger partial charge in [-0.2, -0.15) is 0 Å². The van der Waals surface area contributed by atoms with Gasteiger partial charge in [0, 0.05) is 19.0 Å². The number of nitrogens with zero attached hydrogens (tertiary/aromatic N) is 1. The second kappa shape index (κ2) is 7.30. The second-order valence-electron chi connectivity index (χ2n) is 6.41. The summed E-state index contributed by atoms with van der Waals surface area (Å²) in [7, 11) is 0. The molecule has 1 fully saturated rings. The minimum atomic E-state index is -1.52. The maximum Gasteiger partial charge on any atom is 0.408 e. The zero-order valence-corrected chi connectivity index (χ0v) is 14.0. The Morgan fingerprint density at radius 3 is 2.43 bits per heavy atom.